The van der Waals surface area contributed by atoms with E-state index in [0.29, 0.717) is 11.7 Å². The monoisotopic (exact) mass is 220 g/mol. The van der Waals surface area contributed by atoms with Gasteiger partial charge in [-0.2, -0.15) is 0 Å². The molecule has 0 N–H and O–H groups in total. The quantitative estimate of drug-likeness (QED) is 0.611. The van der Waals surface area contributed by atoms with Gasteiger partial charge in [-0.05, 0) is 43.4 Å². The van der Waals surface area contributed by atoms with Crippen LogP contribution in [0.4, 0.5) is 0 Å². The number of fused-ring (bicyclic) bond motifs is 1. The zero-order valence-corrected chi connectivity index (χ0v) is 10.9. The van der Waals surface area contributed by atoms with Gasteiger partial charge < -0.3 is 0 Å². The van der Waals surface area contributed by atoms with Crippen LogP contribution < -0.4 is 0 Å². The van der Waals surface area contributed by atoms with Crippen molar-refractivity contribution < 1.29 is 4.79 Å². The van der Waals surface area contributed by atoms with E-state index in [1.54, 1.807) is 0 Å². The summed E-state index contributed by atoms with van der Waals surface area (Å²) in [5.41, 5.74) is 1.27. The molecule has 2 aliphatic carbocycles. The lowest BCUT2D eigenvalue weighted by atomic mass is 9.55. The van der Waals surface area contributed by atoms with Crippen LogP contribution in [0.25, 0.3) is 0 Å². The van der Waals surface area contributed by atoms with E-state index in [1.807, 2.05) is 0 Å². The highest BCUT2D eigenvalue weighted by Crippen LogP contribution is 2.52. The molecule has 2 aliphatic rings. The molecule has 3 unspecified atom stereocenters. The largest absolute Gasteiger partial charge is 0.299 e. The van der Waals surface area contributed by atoms with Crippen LogP contribution in [0.5, 0.6) is 0 Å². The zero-order valence-electron chi connectivity index (χ0n) is 10.9. The Morgan fingerprint density at radius 3 is 2.69 bits per heavy atom. The molecule has 0 aromatic carbocycles. The molecule has 90 valence electrons. The number of ketones is 1. The first kappa shape index (κ1) is 11.9. The third-order valence-electron chi connectivity index (χ3n) is 5.09. The molecule has 1 nitrogen and oxygen atoms in total. The Hall–Kier alpha value is -0.590. The van der Waals surface area contributed by atoms with Gasteiger partial charge >= 0.3 is 0 Å². The predicted molar refractivity (Wildman–Crippen MR) is 67.2 cm³/mol. The molecule has 2 saturated carbocycles. The van der Waals surface area contributed by atoms with E-state index in [4.69, 9.17) is 0 Å². The van der Waals surface area contributed by atoms with Crippen LogP contribution in [0.15, 0.2) is 12.2 Å². The van der Waals surface area contributed by atoms with E-state index in [-0.39, 0.29) is 5.41 Å². The summed E-state index contributed by atoms with van der Waals surface area (Å²) in [5.74, 6) is 2.50. The van der Waals surface area contributed by atoms with Crippen molar-refractivity contribution in [2.24, 2.45) is 23.2 Å². The summed E-state index contributed by atoms with van der Waals surface area (Å²) in [4.78, 5) is 12.1. The Labute approximate surface area is 99.3 Å². The number of allylic oxidation sites excluding steroid dienone is 1. The lowest BCUT2D eigenvalue weighted by Gasteiger charge is -2.48. The number of Topliss-reactive ketones (excluding diaryl/α,β-unsaturated/α-hetero) is 1. The number of hydrogen-bond donors (Lipinski definition) is 0. The van der Waals surface area contributed by atoms with Gasteiger partial charge in [0.15, 0.2) is 0 Å². The molecule has 0 spiro atoms. The van der Waals surface area contributed by atoms with E-state index < -0.39 is 0 Å². The van der Waals surface area contributed by atoms with Crippen molar-refractivity contribution in [2.45, 2.75) is 52.9 Å². The predicted octanol–water partition coefficient (Wildman–Crippen LogP) is 3.98. The van der Waals surface area contributed by atoms with E-state index in [2.05, 4.69) is 27.4 Å². The second kappa shape index (κ2) is 4.01. The lowest BCUT2D eigenvalue weighted by Crippen LogP contribution is -2.45. The van der Waals surface area contributed by atoms with Crippen molar-refractivity contribution >= 4 is 5.78 Å². The number of carbonyl (C=O) groups is 1. The third kappa shape index (κ3) is 1.74. The van der Waals surface area contributed by atoms with Crippen molar-refractivity contribution in [3.05, 3.63) is 12.2 Å². The standard InChI is InChI=1S/C15H24O/c1-10(2)12-7-8-15(4)13(9-12)11(3)5-6-14(15)16/h10,12-13H,3,5-9H2,1-2,4H3. The molecule has 0 bridgehead atoms. The fraction of sp³-hybridized carbons (Fsp3) is 0.800. The van der Waals surface area contributed by atoms with Gasteiger partial charge in [0.25, 0.3) is 0 Å². The summed E-state index contributed by atoms with van der Waals surface area (Å²) in [5, 5.41) is 0. The van der Waals surface area contributed by atoms with Crippen LogP contribution in [-0.4, -0.2) is 5.78 Å². The topological polar surface area (TPSA) is 17.1 Å². The molecule has 0 aromatic heterocycles. The van der Waals surface area contributed by atoms with Crippen LogP contribution in [0.2, 0.25) is 0 Å². The SMILES string of the molecule is C=C1CCC(=O)C2(C)CCC(C(C)C)CC12. The summed E-state index contributed by atoms with van der Waals surface area (Å²) < 4.78 is 0. The summed E-state index contributed by atoms with van der Waals surface area (Å²) in [6.07, 6.45) is 5.17. The van der Waals surface area contributed by atoms with Gasteiger partial charge in [0.05, 0.1) is 0 Å². The molecule has 0 amide bonds. The molecule has 1 heteroatoms. The highest BCUT2D eigenvalue weighted by atomic mass is 16.1. The second-order valence-corrected chi connectivity index (χ2v) is 6.33. The average Bonchev–Trinajstić information content (AvgIpc) is 2.24. The van der Waals surface area contributed by atoms with Crippen LogP contribution in [0, 0.1) is 23.2 Å². The van der Waals surface area contributed by atoms with Gasteiger partial charge in [-0.1, -0.05) is 32.9 Å². The van der Waals surface area contributed by atoms with Gasteiger partial charge in [0, 0.05) is 11.8 Å². The Kier molecular flexibility index (Phi) is 2.98. The summed E-state index contributed by atoms with van der Waals surface area (Å²) in [6.45, 7) is 11.0. The molecule has 0 aromatic rings. The van der Waals surface area contributed by atoms with Crippen molar-refractivity contribution in [1.29, 1.82) is 0 Å². The maximum Gasteiger partial charge on any atom is 0.139 e. The molecule has 0 saturated heterocycles. The Morgan fingerprint density at radius 2 is 2.06 bits per heavy atom. The second-order valence-electron chi connectivity index (χ2n) is 6.33. The van der Waals surface area contributed by atoms with Crippen molar-refractivity contribution in [3.63, 3.8) is 0 Å². The molecule has 2 rings (SSSR count). The van der Waals surface area contributed by atoms with E-state index in [9.17, 15) is 4.79 Å². The maximum absolute atomic E-state index is 12.1. The minimum atomic E-state index is -0.0687. The molecule has 2 fully saturated rings. The van der Waals surface area contributed by atoms with Crippen molar-refractivity contribution in [2.75, 3.05) is 0 Å². The first-order valence-electron chi connectivity index (χ1n) is 6.66. The highest BCUT2D eigenvalue weighted by Gasteiger charge is 2.48. The minimum Gasteiger partial charge on any atom is -0.299 e. The fourth-order valence-electron chi connectivity index (χ4n) is 3.63. The van der Waals surface area contributed by atoms with Gasteiger partial charge in [-0.3, -0.25) is 4.79 Å². The molecule has 0 aliphatic heterocycles. The summed E-state index contributed by atoms with van der Waals surface area (Å²) in [7, 11) is 0. The maximum atomic E-state index is 12.1. The minimum absolute atomic E-state index is 0.0687. The zero-order chi connectivity index (χ0) is 11.9. The molecule has 3 atom stereocenters. The van der Waals surface area contributed by atoms with Crippen molar-refractivity contribution in [3.8, 4) is 0 Å². The van der Waals surface area contributed by atoms with Gasteiger partial charge in [-0.25, -0.2) is 0 Å². The van der Waals surface area contributed by atoms with Gasteiger partial charge in [0.2, 0.25) is 0 Å². The average molecular weight is 220 g/mol. The van der Waals surface area contributed by atoms with Crippen molar-refractivity contribution in [1.82, 2.24) is 0 Å². The fourth-order valence-corrected chi connectivity index (χ4v) is 3.63. The summed E-state index contributed by atoms with van der Waals surface area (Å²) in [6, 6.07) is 0. The first-order chi connectivity index (χ1) is 7.45. The van der Waals surface area contributed by atoms with E-state index >= 15 is 0 Å². The Morgan fingerprint density at radius 1 is 1.38 bits per heavy atom. The number of rotatable bonds is 1. The smallest absolute Gasteiger partial charge is 0.139 e. The molecular formula is C15H24O. The molecule has 0 radical (unpaired) electrons. The Balaban J connectivity index is 2.22. The van der Waals surface area contributed by atoms with Crippen LogP contribution in [0.3, 0.4) is 0 Å². The lowest BCUT2D eigenvalue weighted by molar-refractivity contribution is -0.135. The number of hydrogen-bond acceptors (Lipinski definition) is 1. The van der Waals surface area contributed by atoms with E-state index in [1.165, 1.54) is 18.4 Å². The summed E-state index contributed by atoms with van der Waals surface area (Å²) >= 11 is 0. The number of carbonyl (C=O) groups excluding carboxylic acids is 1. The Bertz CT molecular complexity index is 315. The normalized spacial score (nSPS) is 40.0. The van der Waals surface area contributed by atoms with Gasteiger partial charge in [0.1, 0.15) is 5.78 Å². The molecular weight excluding hydrogens is 196 g/mol. The molecule has 0 heterocycles. The molecule has 16 heavy (non-hydrogen) atoms. The van der Waals surface area contributed by atoms with Gasteiger partial charge in [-0.15, -0.1) is 0 Å². The van der Waals surface area contributed by atoms with Crippen LogP contribution >= 0.6 is 0 Å². The highest BCUT2D eigenvalue weighted by molar-refractivity contribution is 5.86. The van der Waals surface area contributed by atoms with E-state index in [0.717, 1.165) is 31.1 Å². The third-order valence-corrected chi connectivity index (χ3v) is 5.09. The first-order valence-corrected chi connectivity index (χ1v) is 6.66. The van der Waals surface area contributed by atoms with Crippen LogP contribution in [0.1, 0.15) is 52.9 Å². The van der Waals surface area contributed by atoms with Crippen LogP contribution in [-0.2, 0) is 4.79 Å².